The molecule has 1 N–H and O–H groups in total. The van der Waals surface area contributed by atoms with E-state index in [2.05, 4.69) is 11.8 Å². The molecule has 0 rings (SSSR count). The van der Waals surface area contributed by atoms with E-state index in [4.69, 9.17) is 5.26 Å². The predicted octanol–water partition coefficient (Wildman–Crippen LogP) is 2.96. The van der Waals surface area contributed by atoms with Gasteiger partial charge in [-0.15, -0.1) is 0 Å². The lowest BCUT2D eigenvalue weighted by Gasteiger charge is -1.92. The van der Waals surface area contributed by atoms with Crippen molar-refractivity contribution in [1.82, 2.24) is 0 Å². The van der Waals surface area contributed by atoms with Gasteiger partial charge in [0.2, 0.25) is 0 Å². The standard InChI is InChI=1S/C8H16O2/c1-2-3-4-5-6-7-8-10-9/h7-9H,2-6H2,1H3. The van der Waals surface area contributed by atoms with Gasteiger partial charge in [0, 0.05) is 0 Å². The lowest BCUT2D eigenvalue weighted by molar-refractivity contribution is -0.186. The molecule has 0 aromatic heterocycles. The summed E-state index contributed by atoms with van der Waals surface area (Å²) >= 11 is 0. The van der Waals surface area contributed by atoms with E-state index in [9.17, 15) is 0 Å². The quantitative estimate of drug-likeness (QED) is 0.269. The molecule has 0 spiro atoms. The lowest BCUT2D eigenvalue weighted by Crippen LogP contribution is -1.74. The fourth-order valence-corrected chi connectivity index (χ4v) is 0.800. The SMILES string of the molecule is CCCCCCC=COO. The Morgan fingerprint density at radius 3 is 2.70 bits per heavy atom. The molecule has 60 valence electrons. The van der Waals surface area contributed by atoms with E-state index >= 15 is 0 Å². The molecule has 0 heterocycles. The Kier molecular flexibility index (Phi) is 8.07. The summed E-state index contributed by atoms with van der Waals surface area (Å²) in [5.74, 6) is 0. The van der Waals surface area contributed by atoms with Gasteiger partial charge in [-0.1, -0.05) is 26.2 Å². The van der Waals surface area contributed by atoms with Crippen LogP contribution in [-0.2, 0) is 4.89 Å². The molecule has 0 aliphatic heterocycles. The third kappa shape index (κ3) is 7.50. The first kappa shape index (κ1) is 9.50. The molecule has 2 heteroatoms. The highest BCUT2D eigenvalue weighted by atomic mass is 17.1. The first-order valence-electron chi connectivity index (χ1n) is 3.87. The molecule has 0 aromatic carbocycles. The van der Waals surface area contributed by atoms with Gasteiger partial charge in [-0.05, 0) is 18.9 Å². The summed E-state index contributed by atoms with van der Waals surface area (Å²) < 4.78 is 0. The van der Waals surface area contributed by atoms with E-state index in [0.717, 1.165) is 6.42 Å². The smallest absolute Gasteiger partial charge is 0.125 e. The highest BCUT2D eigenvalue weighted by Gasteiger charge is 1.83. The van der Waals surface area contributed by atoms with E-state index in [-0.39, 0.29) is 0 Å². The van der Waals surface area contributed by atoms with Crippen LogP contribution in [0.1, 0.15) is 39.0 Å². The van der Waals surface area contributed by atoms with Crippen LogP contribution in [0.25, 0.3) is 0 Å². The van der Waals surface area contributed by atoms with Crippen LogP contribution in [0.3, 0.4) is 0 Å². The molecular weight excluding hydrogens is 128 g/mol. The summed E-state index contributed by atoms with van der Waals surface area (Å²) in [5, 5.41) is 7.88. The molecule has 0 amide bonds. The summed E-state index contributed by atoms with van der Waals surface area (Å²) in [4.78, 5) is 3.77. The van der Waals surface area contributed by atoms with Crippen LogP contribution in [0.4, 0.5) is 0 Å². The number of hydrogen-bond donors (Lipinski definition) is 1. The van der Waals surface area contributed by atoms with Crippen molar-refractivity contribution < 1.29 is 10.1 Å². The number of allylic oxidation sites excluding steroid dienone is 1. The first-order valence-corrected chi connectivity index (χ1v) is 3.87. The number of unbranched alkanes of at least 4 members (excludes halogenated alkanes) is 4. The fourth-order valence-electron chi connectivity index (χ4n) is 0.800. The zero-order valence-corrected chi connectivity index (χ0v) is 6.55. The molecule has 0 fully saturated rings. The molecule has 0 saturated heterocycles. The Labute approximate surface area is 62.4 Å². The monoisotopic (exact) mass is 144 g/mol. The van der Waals surface area contributed by atoms with Gasteiger partial charge in [-0.2, -0.15) is 0 Å². The van der Waals surface area contributed by atoms with Gasteiger partial charge in [-0.25, -0.2) is 5.26 Å². The first-order chi connectivity index (χ1) is 4.91. The predicted molar refractivity (Wildman–Crippen MR) is 41.6 cm³/mol. The third-order valence-corrected chi connectivity index (χ3v) is 1.38. The highest BCUT2D eigenvalue weighted by molar-refractivity contribution is 4.71. The molecule has 0 saturated carbocycles. The maximum atomic E-state index is 7.88. The van der Waals surface area contributed by atoms with Crippen LogP contribution >= 0.6 is 0 Å². The minimum Gasteiger partial charge on any atom is -0.349 e. The van der Waals surface area contributed by atoms with E-state index in [1.165, 1.54) is 31.9 Å². The van der Waals surface area contributed by atoms with Crippen LogP contribution in [-0.4, -0.2) is 5.26 Å². The molecule has 0 radical (unpaired) electrons. The van der Waals surface area contributed by atoms with E-state index in [1.807, 2.05) is 6.08 Å². The molecule has 0 atom stereocenters. The van der Waals surface area contributed by atoms with Gasteiger partial charge in [0.15, 0.2) is 0 Å². The average Bonchev–Trinajstić information content (AvgIpc) is 1.97. The van der Waals surface area contributed by atoms with Crippen molar-refractivity contribution in [2.45, 2.75) is 39.0 Å². The molecule has 0 aliphatic rings. The normalized spacial score (nSPS) is 10.6. The van der Waals surface area contributed by atoms with Crippen LogP contribution in [0.15, 0.2) is 12.3 Å². The highest BCUT2D eigenvalue weighted by Crippen LogP contribution is 2.02. The third-order valence-electron chi connectivity index (χ3n) is 1.38. The second-order valence-corrected chi connectivity index (χ2v) is 2.33. The molecule has 2 nitrogen and oxygen atoms in total. The molecular formula is C8H16O2. The number of rotatable bonds is 6. The summed E-state index contributed by atoms with van der Waals surface area (Å²) in [7, 11) is 0. The largest absolute Gasteiger partial charge is 0.349 e. The van der Waals surface area contributed by atoms with E-state index in [0.29, 0.717) is 0 Å². The van der Waals surface area contributed by atoms with Crippen molar-refractivity contribution in [3.63, 3.8) is 0 Å². The van der Waals surface area contributed by atoms with Gasteiger partial charge >= 0.3 is 0 Å². The zero-order chi connectivity index (χ0) is 7.66. The van der Waals surface area contributed by atoms with Gasteiger partial charge in [0.05, 0.1) is 0 Å². The molecule has 0 aromatic rings. The zero-order valence-electron chi connectivity index (χ0n) is 6.55. The van der Waals surface area contributed by atoms with E-state index in [1.54, 1.807) is 0 Å². The van der Waals surface area contributed by atoms with Crippen LogP contribution in [0.2, 0.25) is 0 Å². The second kappa shape index (κ2) is 8.50. The van der Waals surface area contributed by atoms with Crippen molar-refractivity contribution in [3.8, 4) is 0 Å². The van der Waals surface area contributed by atoms with Crippen molar-refractivity contribution in [2.24, 2.45) is 0 Å². The molecule has 0 unspecified atom stereocenters. The Balaban J connectivity index is 2.83. The topological polar surface area (TPSA) is 29.5 Å². The van der Waals surface area contributed by atoms with Gasteiger partial charge in [0.25, 0.3) is 0 Å². The molecule has 0 bridgehead atoms. The molecule has 0 aliphatic carbocycles. The minimum absolute atomic E-state index is 1.00. The maximum absolute atomic E-state index is 7.88. The van der Waals surface area contributed by atoms with E-state index < -0.39 is 0 Å². The number of hydrogen-bond acceptors (Lipinski definition) is 2. The van der Waals surface area contributed by atoms with Crippen LogP contribution in [0.5, 0.6) is 0 Å². The van der Waals surface area contributed by atoms with Gasteiger partial charge in [0.1, 0.15) is 6.26 Å². The van der Waals surface area contributed by atoms with Gasteiger partial charge in [-0.3, -0.25) is 0 Å². The summed E-state index contributed by atoms with van der Waals surface area (Å²) in [5.41, 5.74) is 0. The van der Waals surface area contributed by atoms with Crippen molar-refractivity contribution in [2.75, 3.05) is 0 Å². The van der Waals surface area contributed by atoms with Crippen molar-refractivity contribution in [1.29, 1.82) is 0 Å². The summed E-state index contributed by atoms with van der Waals surface area (Å²) in [6.45, 7) is 2.19. The fraction of sp³-hybridized carbons (Fsp3) is 0.750. The van der Waals surface area contributed by atoms with Crippen molar-refractivity contribution >= 4 is 0 Å². The Morgan fingerprint density at radius 1 is 1.30 bits per heavy atom. The molecule has 10 heavy (non-hydrogen) atoms. The minimum atomic E-state index is 1.00. The van der Waals surface area contributed by atoms with Crippen molar-refractivity contribution in [3.05, 3.63) is 12.3 Å². The summed E-state index contributed by atoms with van der Waals surface area (Å²) in [6, 6.07) is 0. The Hall–Kier alpha value is -0.500. The van der Waals surface area contributed by atoms with Gasteiger partial charge < -0.3 is 4.89 Å². The Bertz CT molecular complexity index is 79.3. The lowest BCUT2D eigenvalue weighted by atomic mass is 10.2. The average molecular weight is 144 g/mol. The summed E-state index contributed by atoms with van der Waals surface area (Å²) in [6.07, 6.45) is 9.16. The second-order valence-electron chi connectivity index (χ2n) is 2.33. The van der Waals surface area contributed by atoms with Crippen LogP contribution in [0, 0.1) is 0 Å². The maximum Gasteiger partial charge on any atom is 0.125 e. The van der Waals surface area contributed by atoms with Crippen LogP contribution < -0.4 is 0 Å². The Morgan fingerprint density at radius 2 is 2.10 bits per heavy atom.